The third-order valence-electron chi connectivity index (χ3n) is 3.83. The molecule has 7 heteroatoms. The first-order valence-electron chi connectivity index (χ1n) is 8.92. The monoisotopic (exact) mass is 448 g/mol. The van der Waals surface area contributed by atoms with E-state index in [4.69, 9.17) is 4.74 Å². The molecule has 0 heterocycles. The molecule has 0 saturated heterocycles. The van der Waals surface area contributed by atoms with Gasteiger partial charge in [-0.05, 0) is 0 Å². The first-order valence-corrected chi connectivity index (χ1v) is 10.8. The zero-order chi connectivity index (χ0) is 20.4. The molecule has 2 aromatic rings. The van der Waals surface area contributed by atoms with Gasteiger partial charge in [-0.2, -0.15) is 0 Å². The van der Waals surface area contributed by atoms with Gasteiger partial charge in [0.05, 0.1) is 0 Å². The molecule has 2 rings (SSSR count). The minimum atomic E-state index is -0.787. The molecule has 0 aliphatic rings. The predicted octanol–water partition coefficient (Wildman–Crippen LogP) is 1.19. The number of hydrogen-bond donors (Lipinski definition) is 2. The molecule has 0 aliphatic heterocycles. The third-order valence-corrected chi connectivity index (χ3v) is 6.32. The van der Waals surface area contributed by atoms with E-state index in [0.717, 1.165) is 10.0 Å². The molecule has 148 valence electrons. The third kappa shape index (κ3) is 7.54. The standard InChI is InChI=1S/C21H24N2O4Se/c1-15(28-18-11-7-4-8-12-18)20(23-19(25)13-22-16(2)24)21(26)27-14-17-9-5-3-6-10-17/h3-12,15,20H,13-14H2,1-2H3,(H,22,24)(H,23,25)/t15-,20-/m0/s1. The summed E-state index contributed by atoms with van der Waals surface area (Å²) in [6.45, 7) is 3.21. The van der Waals surface area contributed by atoms with Crippen molar-refractivity contribution >= 4 is 37.2 Å². The molecule has 0 saturated carbocycles. The molecule has 2 amide bonds. The van der Waals surface area contributed by atoms with Gasteiger partial charge >= 0.3 is 171 Å². The van der Waals surface area contributed by atoms with Gasteiger partial charge < -0.3 is 0 Å². The van der Waals surface area contributed by atoms with Crippen LogP contribution in [0.1, 0.15) is 19.4 Å². The molecule has 2 aromatic carbocycles. The van der Waals surface area contributed by atoms with Crippen LogP contribution in [0.25, 0.3) is 0 Å². The summed E-state index contributed by atoms with van der Waals surface area (Å²) < 4.78 is 6.57. The van der Waals surface area contributed by atoms with Gasteiger partial charge in [0.1, 0.15) is 0 Å². The van der Waals surface area contributed by atoms with E-state index in [0.29, 0.717) is 0 Å². The summed E-state index contributed by atoms with van der Waals surface area (Å²) in [5, 5.41) is 5.15. The van der Waals surface area contributed by atoms with Crippen LogP contribution in [0, 0.1) is 0 Å². The first kappa shape index (κ1) is 21.7. The fourth-order valence-electron chi connectivity index (χ4n) is 2.40. The summed E-state index contributed by atoms with van der Waals surface area (Å²) >= 11 is -0.0427. The van der Waals surface area contributed by atoms with Crippen molar-refractivity contribution in [1.82, 2.24) is 10.6 Å². The van der Waals surface area contributed by atoms with Crippen LogP contribution in [0.4, 0.5) is 0 Å². The molecule has 28 heavy (non-hydrogen) atoms. The quantitative estimate of drug-likeness (QED) is 0.447. The van der Waals surface area contributed by atoms with Crippen molar-refractivity contribution in [2.75, 3.05) is 6.54 Å². The molecular weight excluding hydrogens is 423 g/mol. The van der Waals surface area contributed by atoms with Crippen molar-refractivity contribution in [2.45, 2.75) is 31.3 Å². The van der Waals surface area contributed by atoms with Crippen LogP contribution in [-0.4, -0.2) is 45.3 Å². The van der Waals surface area contributed by atoms with Crippen LogP contribution in [0.3, 0.4) is 0 Å². The van der Waals surface area contributed by atoms with E-state index < -0.39 is 17.9 Å². The van der Waals surface area contributed by atoms with E-state index >= 15 is 0 Å². The second kappa shape index (κ2) is 11.3. The van der Waals surface area contributed by atoms with Crippen molar-refractivity contribution in [3.8, 4) is 0 Å². The van der Waals surface area contributed by atoms with E-state index in [1.54, 1.807) is 0 Å². The Labute approximate surface area is 171 Å². The van der Waals surface area contributed by atoms with Gasteiger partial charge in [-0.1, -0.05) is 0 Å². The van der Waals surface area contributed by atoms with Crippen molar-refractivity contribution in [3.05, 3.63) is 66.2 Å². The summed E-state index contributed by atoms with van der Waals surface area (Å²) in [7, 11) is 0. The van der Waals surface area contributed by atoms with E-state index in [1.807, 2.05) is 67.6 Å². The van der Waals surface area contributed by atoms with E-state index in [2.05, 4.69) is 10.6 Å². The zero-order valence-corrected chi connectivity index (χ0v) is 17.6. The molecule has 2 atom stereocenters. The average Bonchev–Trinajstić information content (AvgIpc) is 2.70. The van der Waals surface area contributed by atoms with Gasteiger partial charge in [0.15, 0.2) is 0 Å². The summed E-state index contributed by atoms with van der Waals surface area (Å²) in [4.78, 5) is 35.8. The summed E-state index contributed by atoms with van der Waals surface area (Å²) in [6, 6.07) is 18.4. The maximum absolute atomic E-state index is 12.7. The number of amides is 2. The van der Waals surface area contributed by atoms with Gasteiger partial charge in [-0.25, -0.2) is 0 Å². The van der Waals surface area contributed by atoms with Crippen LogP contribution < -0.4 is 15.1 Å². The van der Waals surface area contributed by atoms with Crippen molar-refractivity contribution < 1.29 is 19.1 Å². The van der Waals surface area contributed by atoms with Gasteiger partial charge in [0, 0.05) is 0 Å². The summed E-state index contributed by atoms with van der Waals surface area (Å²) in [5.41, 5.74) is 0.875. The predicted molar refractivity (Wildman–Crippen MR) is 108 cm³/mol. The Morgan fingerprint density at radius 3 is 2.21 bits per heavy atom. The van der Waals surface area contributed by atoms with Gasteiger partial charge in [0.25, 0.3) is 0 Å². The Hall–Kier alpha value is -2.63. The Bertz CT molecular complexity index is 784. The topological polar surface area (TPSA) is 84.5 Å². The van der Waals surface area contributed by atoms with Crippen molar-refractivity contribution in [3.63, 3.8) is 0 Å². The fourth-order valence-corrected chi connectivity index (χ4v) is 4.62. The summed E-state index contributed by atoms with van der Waals surface area (Å²) in [5.74, 6) is -1.21. The minimum absolute atomic E-state index is 0.0427. The molecule has 0 fully saturated rings. The molecule has 0 aromatic heterocycles. The Morgan fingerprint density at radius 2 is 1.61 bits per heavy atom. The van der Waals surface area contributed by atoms with E-state index in [9.17, 15) is 14.4 Å². The second-order valence-electron chi connectivity index (χ2n) is 6.18. The number of nitrogens with one attached hydrogen (secondary N) is 2. The maximum atomic E-state index is 12.7. The van der Waals surface area contributed by atoms with Crippen molar-refractivity contribution in [1.29, 1.82) is 0 Å². The van der Waals surface area contributed by atoms with Crippen LogP contribution in [0.15, 0.2) is 60.7 Å². The SMILES string of the molecule is CC(=O)NCC(=O)N[C@H](C(=O)OCc1ccccc1)[C@H](C)[Se]c1ccccc1. The molecule has 0 radical (unpaired) electrons. The van der Waals surface area contributed by atoms with E-state index in [1.165, 1.54) is 6.92 Å². The number of esters is 1. The number of carbonyl (C=O) groups is 3. The van der Waals surface area contributed by atoms with Gasteiger partial charge in [-0.3, -0.25) is 0 Å². The molecular formula is C21H24N2O4Se. The zero-order valence-electron chi connectivity index (χ0n) is 15.9. The van der Waals surface area contributed by atoms with Crippen LogP contribution in [0.2, 0.25) is 4.82 Å². The van der Waals surface area contributed by atoms with Gasteiger partial charge in [0.2, 0.25) is 0 Å². The number of hydrogen-bond acceptors (Lipinski definition) is 4. The normalized spacial score (nSPS) is 12.5. The number of benzene rings is 2. The molecule has 0 aliphatic carbocycles. The Kier molecular flexibility index (Phi) is 8.72. The summed E-state index contributed by atoms with van der Waals surface area (Å²) in [6.07, 6.45) is 0. The number of carbonyl (C=O) groups excluding carboxylic acids is 3. The van der Waals surface area contributed by atoms with E-state index in [-0.39, 0.29) is 38.8 Å². The fraction of sp³-hybridized carbons (Fsp3) is 0.286. The number of rotatable bonds is 9. The Morgan fingerprint density at radius 1 is 1.00 bits per heavy atom. The van der Waals surface area contributed by atoms with Crippen LogP contribution in [0.5, 0.6) is 0 Å². The molecule has 0 unspecified atom stereocenters. The molecule has 6 nitrogen and oxygen atoms in total. The Balaban J connectivity index is 2.04. The van der Waals surface area contributed by atoms with Crippen LogP contribution >= 0.6 is 0 Å². The van der Waals surface area contributed by atoms with Crippen molar-refractivity contribution in [2.24, 2.45) is 0 Å². The van der Waals surface area contributed by atoms with Crippen LogP contribution in [-0.2, 0) is 25.7 Å². The average molecular weight is 447 g/mol. The molecule has 0 spiro atoms. The van der Waals surface area contributed by atoms with Gasteiger partial charge in [-0.15, -0.1) is 0 Å². The molecule has 0 bridgehead atoms. The second-order valence-corrected chi connectivity index (χ2v) is 9.23. The number of ether oxygens (including phenoxy) is 1. The first-order chi connectivity index (χ1) is 13.5. The molecule has 2 N–H and O–H groups in total.